The second kappa shape index (κ2) is 7.78. The van der Waals surface area contributed by atoms with Crippen LogP contribution < -0.4 is 14.8 Å². The summed E-state index contributed by atoms with van der Waals surface area (Å²) in [6.45, 7) is 0.592. The lowest BCUT2D eigenvalue weighted by Gasteiger charge is -2.14. The van der Waals surface area contributed by atoms with Gasteiger partial charge in [0.15, 0.2) is 0 Å². The number of hydrogen-bond donors (Lipinski definition) is 2. The largest absolute Gasteiger partial charge is 0.493 e. The van der Waals surface area contributed by atoms with E-state index in [4.69, 9.17) is 4.74 Å². The first-order chi connectivity index (χ1) is 13.5. The van der Waals surface area contributed by atoms with E-state index in [2.05, 4.69) is 10.0 Å². The fraction of sp³-hybridized carbons (Fsp3) is 0.211. The summed E-state index contributed by atoms with van der Waals surface area (Å²) in [6, 6.07) is 7.73. The average Bonchev–Trinajstić information content (AvgIpc) is 3.07. The second-order valence-electron chi connectivity index (χ2n) is 6.42. The predicted molar refractivity (Wildman–Crippen MR) is 103 cm³/mol. The lowest BCUT2D eigenvalue weighted by Crippen LogP contribution is -2.16. The van der Waals surface area contributed by atoms with Crippen LogP contribution in [0.2, 0.25) is 0 Å². The van der Waals surface area contributed by atoms with Crippen molar-refractivity contribution >= 4 is 33.4 Å². The number of benzene rings is 2. The molecule has 29 heavy (non-hydrogen) atoms. The van der Waals surface area contributed by atoms with Crippen molar-refractivity contribution in [2.24, 2.45) is 0 Å². The van der Waals surface area contributed by atoms with Gasteiger partial charge in [-0.25, -0.2) is 8.42 Å². The number of anilines is 2. The highest BCUT2D eigenvalue weighted by Crippen LogP contribution is 2.34. The van der Waals surface area contributed by atoms with E-state index in [0.717, 1.165) is 47.8 Å². The van der Waals surface area contributed by atoms with E-state index in [1.54, 1.807) is 12.1 Å². The maximum absolute atomic E-state index is 13.0. The minimum absolute atomic E-state index is 0.170. The van der Waals surface area contributed by atoms with Gasteiger partial charge in [-0.05, 0) is 47.5 Å². The van der Waals surface area contributed by atoms with E-state index < -0.39 is 27.7 Å². The van der Waals surface area contributed by atoms with Crippen LogP contribution >= 0.6 is 0 Å². The summed E-state index contributed by atoms with van der Waals surface area (Å²) >= 11 is 0. The molecule has 6 nitrogen and oxygen atoms in total. The zero-order valence-electron chi connectivity index (χ0n) is 15.2. The number of hydrogen-bond acceptors (Lipinski definition) is 4. The molecule has 154 valence electrons. The van der Waals surface area contributed by atoms with Gasteiger partial charge < -0.3 is 10.1 Å². The Morgan fingerprint density at radius 3 is 2.59 bits per heavy atom. The molecule has 2 aromatic rings. The van der Waals surface area contributed by atoms with Gasteiger partial charge in [0.2, 0.25) is 15.9 Å². The van der Waals surface area contributed by atoms with Gasteiger partial charge in [-0.3, -0.25) is 9.52 Å². The SMILES string of the molecule is CS(=O)(=O)Nc1ccc(C(F)(F)F)cc1NC(=O)/C=C/c1ccc2c(c1)CCO2. The average molecular weight is 426 g/mol. The van der Waals surface area contributed by atoms with E-state index in [1.807, 2.05) is 6.07 Å². The van der Waals surface area contributed by atoms with E-state index in [-0.39, 0.29) is 11.4 Å². The molecule has 1 heterocycles. The number of nitrogens with one attached hydrogen (secondary N) is 2. The van der Waals surface area contributed by atoms with E-state index >= 15 is 0 Å². The molecular weight excluding hydrogens is 409 g/mol. The number of ether oxygens (including phenoxy) is 1. The number of halogens is 3. The maximum Gasteiger partial charge on any atom is 0.416 e. The Morgan fingerprint density at radius 1 is 1.14 bits per heavy atom. The molecule has 3 rings (SSSR count). The summed E-state index contributed by atoms with van der Waals surface area (Å²) in [5, 5.41) is 2.29. The molecule has 2 N–H and O–H groups in total. The van der Waals surface area contributed by atoms with Crippen molar-refractivity contribution in [2.45, 2.75) is 12.6 Å². The minimum Gasteiger partial charge on any atom is -0.493 e. The first-order valence-corrected chi connectivity index (χ1v) is 10.3. The van der Waals surface area contributed by atoms with Gasteiger partial charge in [0.05, 0.1) is 29.8 Å². The Labute approximate surface area is 165 Å². The smallest absolute Gasteiger partial charge is 0.416 e. The van der Waals surface area contributed by atoms with Crippen molar-refractivity contribution in [3.63, 3.8) is 0 Å². The van der Waals surface area contributed by atoms with Gasteiger partial charge in [-0.1, -0.05) is 6.07 Å². The molecule has 0 radical (unpaired) electrons. The van der Waals surface area contributed by atoms with Gasteiger partial charge in [0.1, 0.15) is 5.75 Å². The van der Waals surface area contributed by atoms with Crippen molar-refractivity contribution in [1.82, 2.24) is 0 Å². The molecule has 10 heteroatoms. The molecule has 0 unspecified atom stereocenters. The molecule has 0 bridgehead atoms. The Morgan fingerprint density at radius 2 is 1.90 bits per heavy atom. The van der Waals surface area contributed by atoms with Gasteiger partial charge in [-0.2, -0.15) is 13.2 Å². The number of rotatable bonds is 5. The minimum atomic E-state index is -4.65. The highest BCUT2D eigenvalue weighted by atomic mass is 32.2. The Kier molecular flexibility index (Phi) is 5.56. The molecule has 0 aliphatic carbocycles. The summed E-state index contributed by atoms with van der Waals surface area (Å²) in [4.78, 5) is 12.2. The van der Waals surface area contributed by atoms with Crippen LogP contribution in [0.15, 0.2) is 42.5 Å². The lowest BCUT2D eigenvalue weighted by atomic mass is 10.1. The maximum atomic E-state index is 13.0. The van der Waals surface area contributed by atoms with Crippen LogP contribution in [0, 0.1) is 0 Å². The van der Waals surface area contributed by atoms with Crippen LogP contribution in [-0.2, 0) is 27.4 Å². The number of carbonyl (C=O) groups excluding carboxylic acids is 1. The summed E-state index contributed by atoms with van der Waals surface area (Å²) in [7, 11) is -3.76. The highest BCUT2D eigenvalue weighted by molar-refractivity contribution is 7.92. The molecule has 1 aliphatic heterocycles. The predicted octanol–water partition coefficient (Wildman–Crippen LogP) is 3.66. The molecule has 0 aromatic heterocycles. The molecule has 0 spiro atoms. The molecule has 2 aromatic carbocycles. The van der Waals surface area contributed by atoms with Crippen LogP contribution in [0.5, 0.6) is 5.75 Å². The summed E-state index contributed by atoms with van der Waals surface area (Å²) in [5.41, 5.74) is 0.238. The topological polar surface area (TPSA) is 84.5 Å². The fourth-order valence-corrected chi connectivity index (χ4v) is 3.35. The summed E-state index contributed by atoms with van der Waals surface area (Å²) in [5.74, 6) is 0.0738. The number of alkyl halides is 3. The van der Waals surface area contributed by atoms with Crippen LogP contribution in [0.25, 0.3) is 6.08 Å². The van der Waals surface area contributed by atoms with Gasteiger partial charge in [0.25, 0.3) is 0 Å². The second-order valence-corrected chi connectivity index (χ2v) is 8.17. The molecule has 0 atom stereocenters. The van der Waals surface area contributed by atoms with Crippen LogP contribution in [0.3, 0.4) is 0 Å². The number of fused-ring (bicyclic) bond motifs is 1. The number of sulfonamides is 1. The Hall–Kier alpha value is -3.01. The Balaban J connectivity index is 1.82. The number of amides is 1. The fourth-order valence-electron chi connectivity index (χ4n) is 2.77. The van der Waals surface area contributed by atoms with E-state index in [9.17, 15) is 26.4 Å². The van der Waals surface area contributed by atoms with E-state index in [1.165, 1.54) is 6.08 Å². The van der Waals surface area contributed by atoms with E-state index in [0.29, 0.717) is 12.7 Å². The third kappa shape index (κ3) is 5.50. The summed E-state index contributed by atoms with van der Waals surface area (Å²) < 4.78 is 69.3. The van der Waals surface area contributed by atoms with Crippen LogP contribution in [-0.4, -0.2) is 27.2 Å². The summed E-state index contributed by atoms with van der Waals surface area (Å²) in [6.07, 6.45) is -0.375. The van der Waals surface area contributed by atoms with Crippen molar-refractivity contribution in [3.05, 3.63) is 59.2 Å². The first kappa shape index (κ1) is 20.7. The molecular formula is C19H17F3N2O4S. The zero-order valence-corrected chi connectivity index (χ0v) is 16.0. The van der Waals surface area contributed by atoms with Crippen LogP contribution in [0.4, 0.5) is 24.5 Å². The van der Waals surface area contributed by atoms with Crippen molar-refractivity contribution < 1.29 is 31.1 Å². The first-order valence-electron chi connectivity index (χ1n) is 8.45. The standard InChI is InChI=1S/C19H17F3N2O4S/c1-29(26,27)24-15-5-4-14(19(20,21)22)11-16(15)23-18(25)7-3-12-2-6-17-13(10-12)8-9-28-17/h2-7,10-11,24H,8-9H2,1H3,(H,23,25)/b7-3+. The molecule has 0 saturated carbocycles. The van der Waals surface area contributed by atoms with Crippen LogP contribution in [0.1, 0.15) is 16.7 Å². The highest BCUT2D eigenvalue weighted by Gasteiger charge is 2.31. The lowest BCUT2D eigenvalue weighted by molar-refractivity contribution is -0.137. The third-order valence-corrected chi connectivity index (χ3v) is 4.63. The normalized spacial score (nSPS) is 13.8. The molecule has 0 fully saturated rings. The molecule has 1 aliphatic rings. The van der Waals surface area contributed by atoms with Crippen molar-refractivity contribution in [2.75, 3.05) is 22.9 Å². The Bertz CT molecular complexity index is 1080. The quantitative estimate of drug-likeness (QED) is 0.715. The van der Waals surface area contributed by atoms with Gasteiger partial charge in [-0.15, -0.1) is 0 Å². The monoisotopic (exact) mass is 426 g/mol. The third-order valence-electron chi connectivity index (χ3n) is 4.04. The van der Waals surface area contributed by atoms with Gasteiger partial charge >= 0.3 is 6.18 Å². The van der Waals surface area contributed by atoms with Crippen molar-refractivity contribution in [3.8, 4) is 5.75 Å². The number of carbonyl (C=O) groups is 1. The van der Waals surface area contributed by atoms with Gasteiger partial charge in [0, 0.05) is 12.5 Å². The zero-order chi connectivity index (χ0) is 21.2. The van der Waals surface area contributed by atoms with Crippen molar-refractivity contribution in [1.29, 1.82) is 0 Å². The molecule has 1 amide bonds. The molecule has 0 saturated heterocycles.